The zero-order valence-corrected chi connectivity index (χ0v) is 11.0. The topological polar surface area (TPSA) is 52.5 Å². The summed E-state index contributed by atoms with van der Waals surface area (Å²) in [4.78, 5) is 0. The predicted octanol–water partition coefficient (Wildman–Crippen LogP) is 2.52. The lowest BCUT2D eigenvalue weighted by molar-refractivity contribution is 0.150. The molecule has 0 radical (unpaired) electrons. The van der Waals surface area contributed by atoms with E-state index < -0.39 is 5.54 Å². The van der Waals surface area contributed by atoms with Gasteiger partial charge < -0.3 is 15.5 Å². The highest BCUT2D eigenvalue weighted by atomic mass is 16.3. The van der Waals surface area contributed by atoms with Crippen LogP contribution in [0.5, 0.6) is 5.75 Å². The van der Waals surface area contributed by atoms with Crippen molar-refractivity contribution in [1.82, 2.24) is 5.32 Å². The predicted molar refractivity (Wildman–Crippen MR) is 72.6 cm³/mol. The fraction of sp³-hybridized carbons (Fsp3) is 0.600. The van der Waals surface area contributed by atoms with Crippen molar-refractivity contribution in [3.63, 3.8) is 0 Å². The van der Waals surface area contributed by atoms with Gasteiger partial charge in [0.2, 0.25) is 0 Å². The quantitative estimate of drug-likeness (QED) is 0.768. The number of aromatic hydroxyl groups is 1. The molecule has 1 aliphatic carbocycles. The van der Waals surface area contributed by atoms with Gasteiger partial charge in [-0.05, 0) is 37.5 Å². The van der Waals surface area contributed by atoms with E-state index in [1.165, 1.54) is 32.1 Å². The molecule has 1 unspecified atom stereocenters. The lowest BCUT2D eigenvalue weighted by Gasteiger charge is -2.36. The van der Waals surface area contributed by atoms with Crippen molar-refractivity contribution in [3.8, 4) is 5.75 Å². The summed E-state index contributed by atoms with van der Waals surface area (Å²) in [7, 11) is 0. The molecule has 3 N–H and O–H groups in total. The Morgan fingerprint density at radius 1 is 1.28 bits per heavy atom. The minimum atomic E-state index is -0.471. The minimum absolute atomic E-state index is 0.0347. The minimum Gasteiger partial charge on any atom is -0.508 e. The van der Waals surface area contributed by atoms with Gasteiger partial charge in [-0.2, -0.15) is 0 Å². The van der Waals surface area contributed by atoms with Crippen LogP contribution in [0.1, 0.15) is 44.6 Å². The maximum Gasteiger partial charge on any atom is 0.115 e. The monoisotopic (exact) mass is 249 g/mol. The van der Waals surface area contributed by atoms with E-state index in [4.69, 9.17) is 0 Å². The normalized spacial score (nSPS) is 20.6. The van der Waals surface area contributed by atoms with Crippen molar-refractivity contribution in [2.45, 2.75) is 50.6 Å². The second-order valence-electron chi connectivity index (χ2n) is 5.52. The van der Waals surface area contributed by atoms with E-state index in [2.05, 4.69) is 5.32 Å². The molecule has 1 aromatic rings. The third-order valence-electron chi connectivity index (χ3n) is 3.93. The van der Waals surface area contributed by atoms with Gasteiger partial charge in [-0.25, -0.2) is 0 Å². The van der Waals surface area contributed by atoms with Crippen LogP contribution >= 0.6 is 0 Å². The summed E-state index contributed by atoms with van der Waals surface area (Å²) >= 11 is 0. The third kappa shape index (κ3) is 3.03. The zero-order valence-electron chi connectivity index (χ0n) is 11.0. The molecule has 3 nitrogen and oxygen atoms in total. The van der Waals surface area contributed by atoms with E-state index in [0.29, 0.717) is 6.04 Å². The second kappa shape index (κ2) is 5.72. The molecule has 0 aromatic heterocycles. The number of benzene rings is 1. The molecule has 0 heterocycles. The van der Waals surface area contributed by atoms with Crippen molar-refractivity contribution in [2.75, 3.05) is 6.61 Å². The van der Waals surface area contributed by atoms with Gasteiger partial charge in [0.25, 0.3) is 0 Å². The Morgan fingerprint density at radius 2 is 2.00 bits per heavy atom. The molecule has 0 spiro atoms. The summed E-state index contributed by atoms with van der Waals surface area (Å²) in [6.45, 7) is 2.03. The second-order valence-corrected chi connectivity index (χ2v) is 5.52. The molecule has 18 heavy (non-hydrogen) atoms. The molecule has 0 amide bonds. The van der Waals surface area contributed by atoms with Gasteiger partial charge in [0.15, 0.2) is 0 Å². The van der Waals surface area contributed by atoms with E-state index in [0.717, 1.165) is 5.56 Å². The Labute approximate surface area is 109 Å². The van der Waals surface area contributed by atoms with Gasteiger partial charge in [-0.3, -0.25) is 0 Å². The zero-order chi connectivity index (χ0) is 13.0. The first kappa shape index (κ1) is 13.4. The van der Waals surface area contributed by atoms with E-state index >= 15 is 0 Å². The van der Waals surface area contributed by atoms with Crippen molar-refractivity contribution < 1.29 is 10.2 Å². The molecule has 1 fully saturated rings. The SMILES string of the molecule is CC(CO)(NC1CCCCC1)c1cccc(O)c1. The van der Waals surface area contributed by atoms with Gasteiger partial charge in [-0.1, -0.05) is 31.4 Å². The van der Waals surface area contributed by atoms with Gasteiger partial charge >= 0.3 is 0 Å². The molecule has 3 heteroatoms. The average molecular weight is 249 g/mol. The van der Waals surface area contributed by atoms with Gasteiger partial charge in [0.05, 0.1) is 12.1 Å². The maximum atomic E-state index is 9.72. The van der Waals surface area contributed by atoms with Gasteiger partial charge in [0, 0.05) is 6.04 Å². The Bertz CT molecular complexity index is 388. The van der Waals surface area contributed by atoms with Gasteiger partial charge in [0.1, 0.15) is 5.75 Å². The number of aliphatic hydroxyl groups is 1. The molecule has 2 rings (SSSR count). The number of hydrogen-bond acceptors (Lipinski definition) is 3. The summed E-state index contributed by atoms with van der Waals surface area (Å²) in [6.07, 6.45) is 6.20. The van der Waals surface area contributed by atoms with Crippen LogP contribution in [0.2, 0.25) is 0 Å². The van der Waals surface area contributed by atoms with Crippen LogP contribution in [0.4, 0.5) is 0 Å². The van der Waals surface area contributed by atoms with Crippen molar-refractivity contribution in [1.29, 1.82) is 0 Å². The number of aliphatic hydroxyl groups excluding tert-OH is 1. The highest BCUT2D eigenvalue weighted by Crippen LogP contribution is 2.27. The first-order chi connectivity index (χ1) is 8.64. The molecule has 1 atom stereocenters. The number of phenolic OH excluding ortho intramolecular Hbond substituents is 1. The average Bonchev–Trinajstić information content (AvgIpc) is 2.40. The summed E-state index contributed by atoms with van der Waals surface area (Å²) in [5.41, 5.74) is 0.469. The van der Waals surface area contributed by atoms with E-state index in [-0.39, 0.29) is 12.4 Å². The summed E-state index contributed by atoms with van der Waals surface area (Å²) in [5, 5.41) is 22.8. The summed E-state index contributed by atoms with van der Waals surface area (Å²) in [6, 6.07) is 7.62. The van der Waals surface area contributed by atoms with Crippen LogP contribution in [0.3, 0.4) is 0 Å². The van der Waals surface area contributed by atoms with Crippen LogP contribution in [0.25, 0.3) is 0 Å². The molecule has 0 aliphatic heterocycles. The number of nitrogens with one attached hydrogen (secondary N) is 1. The van der Waals surface area contributed by atoms with Crippen LogP contribution in [0, 0.1) is 0 Å². The molecule has 0 bridgehead atoms. The number of phenols is 1. The number of hydrogen-bond donors (Lipinski definition) is 3. The molecular weight excluding hydrogens is 226 g/mol. The Hall–Kier alpha value is -1.06. The Balaban J connectivity index is 2.13. The largest absolute Gasteiger partial charge is 0.508 e. The van der Waals surface area contributed by atoms with E-state index in [9.17, 15) is 10.2 Å². The third-order valence-corrected chi connectivity index (χ3v) is 3.93. The fourth-order valence-corrected chi connectivity index (χ4v) is 2.77. The summed E-state index contributed by atoms with van der Waals surface area (Å²) in [5.74, 6) is 0.248. The van der Waals surface area contributed by atoms with Crippen molar-refractivity contribution in [3.05, 3.63) is 29.8 Å². The van der Waals surface area contributed by atoms with Crippen LogP contribution in [0.15, 0.2) is 24.3 Å². The van der Waals surface area contributed by atoms with Crippen LogP contribution in [-0.4, -0.2) is 22.9 Å². The Morgan fingerprint density at radius 3 is 2.61 bits per heavy atom. The van der Waals surface area contributed by atoms with Crippen molar-refractivity contribution >= 4 is 0 Å². The van der Waals surface area contributed by atoms with E-state index in [1.54, 1.807) is 12.1 Å². The molecular formula is C15H23NO2. The molecule has 1 aromatic carbocycles. The smallest absolute Gasteiger partial charge is 0.115 e. The summed E-state index contributed by atoms with van der Waals surface area (Å²) < 4.78 is 0. The standard InChI is InChI=1S/C15H23NO2/c1-15(11-17,12-6-5-9-14(18)10-12)16-13-7-3-2-4-8-13/h5-6,9-10,13,16-18H,2-4,7-8,11H2,1H3. The van der Waals surface area contributed by atoms with Crippen molar-refractivity contribution in [2.24, 2.45) is 0 Å². The fourth-order valence-electron chi connectivity index (χ4n) is 2.77. The lowest BCUT2D eigenvalue weighted by Crippen LogP contribution is -2.49. The van der Waals surface area contributed by atoms with E-state index in [1.807, 2.05) is 19.1 Å². The maximum absolute atomic E-state index is 9.72. The highest BCUT2D eigenvalue weighted by Gasteiger charge is 2.29. The Kier molecular flexibility index (Phi) is 4.25. The molecule has 1 aliphatic rings. The first-order valence-corrected chi connectivity index (χ1v) is 6.82. The highest BCUT2D eigenvalue weighted by molar-refractivity contribution is 5.32. The van der Waals surface area contributed by atoms with Gasteiger partial charge in [-0.15, -0.1) is 0 Å². The van der Waals surface area contributed by atoms with Crippen LogP contribution in [-0.2, 0) is 5.54 Å². The molecule has 0 saturated heterocycles. The first-order valence-electron chi connectivity index (χ1n) is 6.82. The number of rotatable bonds is 4. The van der Waals surface area contributed by atoms with Crippen LogP contribution < -0.4 is 5.32 Å². The molecule has 100 valence electrons. The molecule has 1 saturated carbocycles. The lowest BCUT2D eigenvalue weighted by atomic mass is 9.88.